The van der Waals surface area contributed by atoms with Crippen molar-refractivity contribution in [1.82, 2.24) is 5.32 Å². The van der Waals surface area contributed by atoms with Crippen LogP contribution in [0.2, 0.25) is 0 Å². The Morgan fingerprint density at radius 1 is 1.42 bits per heavy atom. The minimum atomic E-state index is 0.156. The third kappa shape index (κ3) is 4.37. The molecule has 0 aromatic carbocycles. The molecule has 2 heteroatoms. The van der Waals surface area contributed by atoms with Crippen molar-refractivity contribution in [2.45, 2.75) is 53.5 Å². The minimum absolute atomic E-state index is 0.156. The fraction of sp³-hybridized carbons (Fsp3) is 0.900. The molecule has 72 valence electrons. The highest BCUT2D eigenvalue weighted by Crippen LogP contribution is 2.18. The number of hydrogen-bond acceptors (Lipinski definition) is 1. The monoisotopic (exact) mass is 171 g/mol. The first-order valence-electron chi connectivity index (χ1n) is 4.67. The Hall–Kier alpha value is -0.530. The maximum Gasteiger partial charge on any atom is 0.220 e. The van der Waals surface area contributed by atoms with Crippen molar-refractivity contribution < 1.29 is 4.79 Å². The van der Waals surface area contributed by atoms with Gasteiger partial charge in [0.15, 0.2) is 0 Å². The molecule has 1 amide bonds. The Labute approximate surface area is 75.7 Å². The molecule has 0 heterocycles. The maximum absolute atomic E-state index is 11.2. The van der Waals surface area contributed by atoms with Gasteiger partial charge in [-0.05, 0) is 18.8 Å². The van der Waals surface area contributed by atoms with Gasteiger partial charge in [0, 0.05) is 12.5 Å². The van der Waals surface area contributed by atoms with E-state index < -0.39 is 0 Å². The van der Waals surface area contributed by atoms with Gasteiger partial charge < -0.3 is 5.32 Å². The molecule has 1 atom stereocenters. The molecule has 0 aromatic heterocycles. The van der Waals surface area contributed by atoms with Crippen LogP contribution in [-0.4, -0.2) is 11.9 Å². The molecule has 0 rings (SSSR count). The Balaban J connectivity index is 3.84. The zero-order chi connectivity index (χ0) is 9.78. The van der Waals surface area contributed by atoms with E-state index in [0.29, 0.717) is 6.42 Å². The van der Waals surface area contributed by atoms with Crippen LogP contribution in [0.25, 0.3) is 0 Å². The normalized spacial score (nSPS) is 14.1. The molecular weight excluding hydrogens is 150 g/mol. The summed E-state index contributed by atoms with van der Waals surface area (Å²) in [5.74, 6) is 0.167. The van der Waals surface area contributed by atoms with E-state index in [1.165, 1.54) is 0 Å². The highest BCUT2D eigenvalue weighted by molar-refractivity contribution is 5.76. The summed E-state index contributed by atoms with van der Waals surface area (Å²) >= 11 is 0. The lowest BCUT2D eigenvalue weighted by Crippen LogP contribution is -2.41. The third-order valence-corrected chi connectivity index (χ3v) is 2.15. The first-order chi connectivity index (χ1) is 5.38. The van der Waals surface area contributed by atoms with E-state index >= 15 is 0 Å². The third-order valence-electron chi connectivity index (χ3n) is 2.15. The smallest absolute Gasteiger partial charge is 0.220 e. The van der Waals surface area contributed by atoms with Crippen molar-refractivity contribution in [3.8, 4) is 0 Å². The molecule has 0 spiro atoms. The van der Waals surface area contributed by atoms with Gasteiger partial charge in [0.05, 0.1) is 0 Å². The Bertz CT molecular complexity index is 146. The van der Waals surface area contributed by atoms with Crippen LogP contribution in [0.4, 0.5) is 0 Å². The first kappa shape index (κ1) is 11.5. The lowest BCUT2D eigenvalue weighted by Gasteiger charge is -2.28. The Kier molecular flexibility index (Phi) is 4.29. The van der Waals surface area contributed by atoms with Gasteiger partial charge in [-0.3, -0.25) is 4.79 Å². The van der Waals surface area contributed by atoms with Gasteiger partial charge >= 0.3 is 0 Å². The number of carbonyl (C=O) groups excluding carboxylic acids is 1. The summed E-state index contributed by atoms with van der Waals surface area (Å²) in [6, 6.07) is 0.247. The highest BCUT2D eigenvalue weighted by atomic mass is 16.1. The fourth-order valence-electron chi connectivity index (χ4n) is 0.757. The molecule has 0 aliphatic heterocycles. The second-order valence-electron chi connectivity index (χ2n) is 4.41. The topological polar surface area (TPSA) is 29.1 Å². The van der Waals surface area contributed by atoms with Crippen LogP contribution in [0.1, 0.15) is 47.5 Å². The molecule has 0 bridgehead atoms. The number of nitrogens with one attached hydrogen (secondary N) is 1. The lowest BCUT2D eigenvalue weighted by molar-refractivity contribution is -0.122. The van der Waals surface area contributed by atoms with Gasteiger partial charge in [-0.15, -0.1) is 0 Å². The van der Waals surface area contributed by atoms with Gasteiger partial charge in [-0.25, -0.2) is 0 Å². The van der Waals surface area contributed by atoms with Gasteiger partial charge in [0.1, 0.15) is 0 Å². The van der Waals surface area contributed by atoms with Crippen LogP contribution in [0, 0.1) is 5.41 Å². The molecule has 0 radical (unpaired) electrons. The van der Waals surface area contributed by atoms with Gasteiger partial charge in [0.25, 0.3) is 0 Å². The van der Waals surface area contributed by atoms with Crippen LogP contribution in [0.5, 0.6) is 0 Å². The van der Waals surface area contributed by atoms with E-state index in [1.807, 2.05) is 13.8 Å². The van der Waals surface area contributed by atoms with Crippen molar-refractivity contribution in [1.29, 1.82) is 0 Å². The molecule has 0 aliphatic carbocycles. The van der Waals surface area contributed by atoms with E-state index in [1.54, 1.807) is 0 Å². The number of hydrogen-bond donors (Lipinski definition) is 1. The average molecular weight is 171 g/mol. The van der Waals surface area contributed by atoms with Crippen LogP contribution in [0.15, 0.2) is 0 Å². The molecule has 1 N–H and O–H groups in total. The standard InChI is InChI=1S/C10H21NO/c1-6-7-9(12)11-8(2)10(3,4)5/h8H,6-7H2,1-5H3,(H,11,12). The lowest BCUT2D eigenvalue weighted by atomic mass is 9.88. The zero-order valence-corrected chi connectivity index (χ0v) is 8.90. The van der Waals surface area contributed by atoms with Crippen LogP contribution in [0.3, 0.4) is 0 Å². The Morgan fingerprint density at radius 2 is 1.92 bits per heavy atom. The van der Waals surface area contributed by atoms with Crippen molar-refractivity contribution in [3.05, 3.63) is 0 Å². The highest BCUT2D eigenvalue weighted by Gasteiger charge is 2.20. The number of carbonyl (C=O) groups is 1. The average Bonchev–Trinajstić information content (AvgIpc) is 1.85. The van der Waals surface area contributed by atoms with E-state index in [4.69, 9.17) is 0 Å². The minimum Gasteiger partial charge on any atom is -0.353 e. The van der Waals surface area contributed by atoms with Gasteiger partial charge in [-0.1, -0.05) is 27.7 Å². The molecule has 0 aromatic rings. The van der Waals surface area contributed by atoms with Crippen LogP contribution < -0.4 is 5.32 Å². The predicted molar refractivity (Wildman–Crippen MR) is 52.0 cm³/mol. The van der Waals surface area contributed by atoms with Crippen molar-refractivity contribution >= 4 is 5.91 Å². The van der Waals surface area contributed by atoms with Gasteiger partial charge in [0.2, 0.25) is 5.91 Å². The van der Waals surface area contributed by atoms with Crippen molar-refractivity contribution in [2.75, 3.05) is 0 Å². The number of amides is 1. The number of rotatable bonds is 3. The molecular formula is C10H21NO. The van der Waals surface area contributed by atoms with E-state index in [9.17, 15) is 4.79 Å². The molecule has 0 fully saturated rings. The summed E-state index contributed by atoms with van der Waals surface area (Å²) in [6.07, 6.45) is 1.56. The summed E-state index contributed by atoms with van der Waals surface area (Å²) in [5, 5.41) is 2.98. The molecule has 0 aliphatic rings. The molecule has 1 unspecified atom stereocenters. The van der Waals surface area contributed by atoms with E-state index in [0.717, 1.165) is 6.42 Å². The second kappa shape index (κ2) is 4.48. The Morgan fingerprint density at radius 3 is 2.25 bits per heavy atom. The first-order valence-corrected chi connectivity index (χ1v) is 4.67. The van der Waals surface area contributed by atoms with Crippen molar-refractivity contribution in [2.24, 2.45) is 5.41 Å². The summed E-state index contributed by atoms with van der Waals surface area (Å²) in [6.45, 7) is 10.5. The summed E-state index contributed by atoms with van der Waals surface area (Å²) < 4.78 is 0. The van der Waals surface area contributed by atoms with Gasteiger partial charge in [-0.2, -0.15) is 0 Å². The zero-order valence-electron chi connectivity index (χ0n) is 8.90. The van der Waals surface area contributed by atoms with E-state index in [2.05, 4.69) is 26.1 Å². The summed E-state index contributed by atoms with van der Waals surface area (Å²) in [4.78, 5) is 11.2. The summed E-state index contributed by atoms with van der Waals surface area (Å²) in [7, 11) is 0. The molecule has 12 heavy (non-hydrogen) atoms. The van der Waals surface area contributed by atoms with E-state index in [-0.39, 0.29) is 17.4 Å². The summed E-state index contributed by atoms with van der Waals surface area (Å²) in [5.41, 5.74) is 0.156. The molecule has 2 nitrogen and oxygen atoms in total. The fourth-order valence-corrected chi connectivity index (χ4v) is 0.757. The molecule has 0 saturated carbocycles. The predicted octanol–water partition coefficient (Wildman–Crippen LogP) is 2.34. The maximum atomic E-state index is 11.2. The van der Waals surface area contributed by atoms with Crippen LogP contribution >= 0.6 is 0 Å². The van der Waals surface area contributed by atoms with Crippen LogP contribution in [-0.2, 0) is 4.79 Å². The quantitative estimate of drug-likeness (QED) is 0.693. The molecule has 0 saturated heterocycles. The SMILES string of the molecule is CCCC(=O)NC(C)C(C)(C)C. The largest absolute Gasteiger partial charge is 0.353 e. The van der Waals surface area contributed by atoms with Crippen molar-refractivity contribution in [3.63, 3.8) is 0 Å². The second-order valence-corrected chi connectivity index (χ2v) is 4.41.